The van der Waals surface area contributed by atoms with Crippen LogP contribution in [0.15, 0.2) is 24.3 Å². The van der Waals surface area contributed by atoms with E-state index in [4.69, 9.17) is 17.3 Å². The van der Waals surface area contributed by atoms with Gasteiger partial charge in [0.1, 0.15) is 0 Å². The molecule has 0 aliphatic heterocycles. The number of hydrogen-bond acceptors (Lipinski definition) is 3. The van der Waals surface area contributed by atoms with Crippen LogP contribution in [0.1, 0.15) is 30.1 Å². The number of carbonyl (C=O) groups excluding carboxylic acids is 2. The van der Waals surface area contributed by atoms with E-state index in [0.29, 0.717) is 17.1 Å². The van der Waals surface area contributed by atoms with Gasteiger partial charge in [0.05, 0.1) is 13.1 Å². The van der Waals surface area contributed by atoms with E-state index in [-0.39, 0.29) is 18.9 Å². The lowest BCUT2D eigenvalue weighted by Crippen LogP contribution is -2.38. The van der Waals surface area contributed by atoms with E-state index in [1.807, 2.05) is 0 Å². The molecular formula is C14H19ClN2O2. The Hall–Kier alpha value is -1.39. The summed E-state index contributed by atoms with van der Waals surface area (Å²) in [6.07, 6.45) is 1.93. The number of nitrogens with two attached hydrogens (primary N) is 1. The van der Waals surface area contributed by atoms with Crippen LogP contribution in [-0.4, -0.2) is 36.2 Å². The van der Waals surface area contributed by atoms with Gasteiger partial charge >= 0.3 is 0 Å². The number of ketones is 1. The summed E-state index contributed by atoms with van der Waals surface area (Å²) in [6, 6.07) is 6.80. The highest BCUT2D eigenvalue weighted by molar-refractivity contribution is 6.31. The predicted molar refractivity (Wildman–Crippen MR) is 76.3 cm³/mol. The van der Waals surface area contributed by atoms with Crippen LogP contribution >= 0.6 is 11.6 Å². The molecule has 0 atom stereocenters. The maximum atomic E-state index is 12.1. The van der Waals surface area contributed by atoms with Crippen molar-refractivity contribution in [3.8, 4) is 0 Å². The van der Waals surface area contributed by atoms with Gasteiger partial charge in [0, 0.05) is 10.6 Å². The van der Waals surface area contributed by atoms with Gasteiger partial charge in [-0.3, -0.25) is 14.5 Å². The van der Waals surface area contributed by atoms with E-state index in [0.717, 1.165) is 12.8 Å². The van der Waals surface area contributed by atoms with Crippen molar-refractivity contribution in [1.29, 1.82) is 0 Å². The summed E-state index contributed by atoms with van der Waals surface area (Å²) < 4.78 is 0. The number of primary amides is 1. The third-order valence-corrected chi connectivity index (χ3v) is 2.96. The van der Waals surface area contributed by atoms with Crippen molar-refractivity contribution in [3.05, 3.63) is 34.9 Å². The van der Waals surface area contributed by atoms with E-state index in [9.17, 15) is 9.59 Å². The summed E-state index contributed by atoms with van der Waals surface area (Å²) in [5.41, 5.74) is 5.74. The van der Waals surface area contributed by atoms with E-state index in [2.05, 4.69) is 6.92 Å². The molecule has 0 radical (unpaired) electrons. The fourth-order valence-electron chi connectivity index (χ4n) is 1.77. The Balaban J connectivity index is 2.66. The number of unbranched alkanes of at least 4 members (excludes halogenated alkanes) is 1. The fraction of sp³-hybridized carbons (Fsp3) is 0.429. The summed E-state index contributed by atoms with van der Waals surface area (Å²) >= 11 is 5.85. The zero-order valence-electron chi connectivity index (χ0n) is 11.1. The van der Waals surface area contributed by atoms with Gasteiger partial charge in [0.2, 0.25) is 5.91 Å². The first kappa shape index (κ1) is 15.7. The zero-order chi connectivity index (χ0) is 14.3. The molecule has 5 heteroatoms. The zero-order valence-corrected chi connectivity index (χ0v) is 11.8. The average molecular weight is 283 g/mol. The van der Waals surface area contributed by atoms with Crippen molar-refractivity contribution in [2.45, 2.75) is 19.8 Å². The highest BCUT2D eigenvalue weighted by Crippen LogP contribution is 2.11. The Morgan fingerprint density at radius 3 is 2.63 bits per heavy atom. The third kappa shape index (κ3) is 5.85. The Kier molecular flexibility index (Phi) is 6.53. The SMILES string of the molecule is CCCCN(CC(N)=O)CC(=O)c1cccc(Cl)c1. The standard InChI is InChI=1S/C14H19ClN2O2/c1-2-3-7-17(10-14(16)19)9-13(18)11-5-4-6-12(15)8-11/h4-6,8H,2-3,7,9-10H2,1H3,(H2,16,19). The van der Waals surface area contributed by atoms with Crippen molar-refractivity contribution >= 4 is 23.3 Å². The van der Waals surface area contributed by atoms with Crippen LogP contribution in [0.2, 0.25) is 5.02 Å². The largest absolute Gasteiger partial charge is 0.369 e. The van der Waals surface area contributed by atoms with Crippen molar-refractivity contribution in [3.63, 3.8) is 0 Å². The van der Waals surface area contributed by atoms with Crippen LogP contribution in [0, 0.1) is 0 Å². The lowest BCUT2D eigenvalue weighted by atomic mass is 10.1. The van der Waals surface area contributed by atoms with E-state index in [1.165, 1.54) is 0 Å². The molecule has 0 aromatic heterocycles. The average Bonchev–Trinajstić information content (AvgIpc) is 2.35. The fourth-order valence-corrected chi connectivity index (χ4v) is 1.96. The minimum Gasteiger partial charge on any atom is -0.369 e. The smallest absolute Gasteiger partial charge is 0.231 e. The number of halogens is 1. The van der Waals surface area contributed by atoms with Gasteiger partial charge in [-0.15, -0.1) is 0 Å². The van der Waals surface area contributed by atoms with Gasteiger partial charge in [0.25, 0.3) is 0 Å². The minimum atomic E-state index is -0.421. The molecule has 0 aliphatic rings. The molecule has 0 aliphatic carbocycles. The molecule has 0 saturated heterocycles. The molecule has 19 heavy (non-hydrogen) atoms. The second kappa shape index (κ2) is 7.92. The Morgan fingerprint density at radius 2 is 2.05 bits per heavy atom. The van der Waals surface area contributed by atoms with Gasteiger partial charge in [-0.05, 0) is 25.1 Å². The number of nitrogens with zero attached hydrogens (tertiary/aromatic N) is 1. The molecule has 1 aromatic rings. The number of hydrogen-bond donors (Lipinski definition) is 1. The molecule has 104 valence electrons. The summed E-state index contributed by atoms with van der Waals surface area (Å²) in [4.78, 5) is 24.9. The molecule has 2 N–H and O–H groups in total. The monoisotopic (exact) mass is 282 g/mol. The van der Waals surface area contributed by atoms with Crippen LogP contribution in [0.3, 0.4) is 0 Å². The molecule has 4 nitrogen and oxygen atoms in total. The molecule has 0 heterocycles. The molecule has 0 bridgehead atoms. The number of rotatable bonds is 8. The van der Waals surface area contributed by atoms with Crippen LogP contribution in [0.4, 0.5) is 0 Å². The second-order valence-corrected chi connectivity index (χ2v) is 4.90. The summed E-state index contributed by atoms with van der Waals surface area (Å²) in [5, 5.41) is 0.529. The Bertz CT molecular complexity index is 449. The van der Waals surface area contributed by atoms with E-state index < -0.39 is 5.91 Å². The quantitative estimate of drug-likeness (QED) is 0.743. The lowest BCUT2D eigenvalue weighted by Gasteiger charge is -2.19. The molecule has 0 saturated carbocycles. The van der Waals surface area contributed by atoms with E-state index >= 15 is 0 Å². The number of Topliss-reactive ketones (excluding diaryl/α,β-unsaturated/α-hetero) is 1. The van der Waals surface area contributed by atoms with Crippen molar-refractivity contribution in [2.75, 3.05) is 19.6 Å². The summed E-state index contributed by atoms with van der Waals surface area (Å²) in [5.74, 6) is -0.477. The first-order valence-corrected chi connectivity index (χ1v) is 6.70. The van der Waals surface area contributed by atoms with Crippen LogP contribution in [0.5, 0.6) is 0 Å². The van der Waals surface area contributed by atoms with Gasteiger partial charge < -0.3 is 5.73 Å². The highest BCUT2D eigenvalue weighted by Gasteiger charge is 2.14. The number of amides is 1. The maximum absolute atomic E-state index is 12.1. The Labute approximate surface area is 118 Å². The van der Waals surface area contributed by atoms with Gasteiger partial charge in [0.15, 0.2) is 5.78 Å². The number of carbonyl (C=O) groups is 2. The lowest BCUT2D eigenvalue weighted by molar-refractivity contribution is -0.119. The predicted octanol–water partition coefficient (Wildman–Crippen LogP) is 2.11. The Morgan fingerprint density at radius 1 is 1.32 bits per heavy atom. The molecule has 0 unspecified atom stereocenters. The first-order chi connectivity index (χ1) is 9.02. The molecule has 0 fully saturated rings. The van der Waals surface area contributed by atoms with Crippen LogP contribution in [-0.2, 0) is 4.79 Å². The minimum absolute atomic E-state index is 0.0557. The highest BCUT2D eigenvalue weighted by atomic mass is 35.5. The van der Waals surface area contributed by atoms with Crippen LogP contribution in [0.25, 0.3) is 0 Å². The summed E-state index contributed by atoms with van der Waals surface area (Å²) in [6.45, 7) is 3.03. The van der Waals surface area contributed by atoms with Crippen molar-refractivity contribution < 1.29 is 9.59 Å². The van der Waals surface area contributed by atoms with Crippen LogP contribution < -0.4 is 5.73 Å². The first-order valence-electron chi connectivity index (χ1n) is 6.32. The third-order valence-electron chi connectivity index (χ3n) is 2.72. The molecular weight excluding hydrogens is 264 g/mol. The van der Waals surface area contributed by atoms with Crippen molar-refractivity contribution in [2.24, 2.45) is 5.73 Å². The molecule has 1 aromatic carbocycles. The normalized spacial score (nSPS) is 10.7. The van der Waals surface area contributed by atoms with Gasteiger partial charge in [-0.1, -0.05) is 37.1 Å². The van der Waals surface area contributed by atoms with E-state index in [1.54, 1.807) is 29.2 Å². The maximum Gasteiger partial charge on any atom is 0.231 e. The number of benzene rings is 1. The van der Waals surface area contributed by atoms with Crippen molar-refractivity contribution in [1.82, 2.24) is 4.90 Å². The van der Waals surface area contributed by atoms with Gasteiger partial charge in [-0.2, -0.15) is 0 Å². The molecule has 1 rings (SSSR count). The topological polar surface area (TPSA) is 63.4 Å². The molecule has 0 spiro atoms. The van der Waals surface area contributed by atoms with Gasteiger partial charge in [-0.25, -0.2) is 0 Å². The second-order valence-electron chi connectivity index (χ2n) is 4.46. The summed E-state index contributed by atoms with van der Waals surface area (Å²) in [7, 11) is 0. The molecule has 1 amide bonds.